The summed E-state index contributed by atoms with van der Waals surface area (Å²) in [6.45, 7) is 17.6. The van der Waals surface area contributed by atoms with Gasteiger partial charge in [0.15, 0.2) is 0 Å². The highest BCUT2D eigenvalue weighted by Crippen LogP contribution is 2.27. The third-order valence-corrected chi connectivity index (χ3v) is 5.80. The zero-order valence-corrected chi connectivity index (χ0v) is 22.9. The Morgan fingerprint density at radius 2 is 1.67 bits per heavy atom. The number of rotatable bonds is 7. The monoisotopic (exact) mass is 528 g/mol. The van der Waals surface area contributed by atoms with E-state index in [4.69, 9.17) is 0 Å². The number of halogens is 1. The van der Waals surface area contributed by atoms with Crippen molar-refractivity contribution in [3.63, 3.8) is 0 Å². The van der Waals surface area contributed by atoms with Crippen LogP contribution in [0.1, 0.15) is 55.4 Å². The summed E-state index contributed by atoms with van der Waals surface area (Å²) in [5.74, 6) is -1.32. The minimum absolute atomic E-state index is 0. The molecule has 0 radical (unpaired) electrons. The van der Waals surface area contributed by atoms with Gasteiger partial charge in [0.25, 0.3) is 0 Å². The lowest BCUT2D eigenvalue weighted by Gasteiger charge is -2.17. The number of aromatic nitrogens is 1. The molecule has 0 saturated carbocycles. The lowest BCUT2D eigenvalue weighted by atomic mass is 10.0. The largest absolute Gasteiger partial charge is 0.478 e. The average Bonchev–Trinajstić information content (AvgIpc) is 2.90. The van der Waals surface area contributed by atoms with Gasteiger partial charge in [-0.3, -0.25) is 4.98 Å². The lowest BCUT2D eigenvalue weighted by molar-refractivity contribution is 0.0699. The fraction of sp³-hybridized carbons (Fsp3) is 0.235. The fourth-order valence-corrected chi connectivity index (χ4v) is 3.86. The number of aromatic carboxylic acids is 1. The zero-order valence-electron chi connectivity index (χ0n) is 22.9. The van der Waals surface area contributed by atoms with Crippen molar-refractivity contribution in [2.45, 2.75) is 54.5 Å². The molecule has 0 bridgehead atoms. The van der Waals surface area contributed by atoms with Crippen molar-refractivity contribution in [1.29, 1.82) is 0 Å². The number of hydrogen-bond acceptors (Lipinski definition) is 3. The van der Waals surface area contributed by atoms with E-state index in [-0.39, 0.29) is 24.8 Å². The van der Waals surface area contributed by atoms with Crippen LogP contribution in [0.4, 0.5) is 4.39 Å². The highest BCUT2D eigenvalue weighted by molar-refractivity contribution is 6.03. The Kier molecular flexibility index (Phi) is 13.3. The van der Waals surface area contributed by atoms with Gasteiger partial charge in [0.2, 0.25) is 0 Å². The number of carbonyl (C=O) groups is 1. The Balaban J connectivity index is 0.000000376. The number of nitrogens with one attached hydrogen (secondary N) is 1. The van der Waals surface area contributed by atoms with E-state index in [1.807, 2.05) is 26.8 Å². The predicted molar refractivity (Wildman–Crippen MR) is 164 cm³/mol. The molecule has 0 saturated heterocycles. The standard InChI is InChI=1S/C17H12FNO2.C14H19N.C2H6.CH4/c1-10-7-15(17(20)21)14-9-12(5-6-16(14)19-10)11-3-2-4-13(18)8-11;1-5-15-14(11(2)3)10-13-8-6-12(4)7-9-13;1-2;/h2-9H,1H3,(H,20,21);5-9,14-15H,1-2,10H2,3-4H3;1-2H3;1H4. The van der Waals surface area contributed by atoms with Crippen molar-refractivity contribution in [3.8, 4) is 11.1 Å². The maximum absolute atomic E-state index is 13.3. The van der Waals surface area contributed by atoms with Crippen LogP contribution in [0, 0.1) is 19.7 Å². The van der Waals surface area contributed by atoms with Gasteiger partial charge in [0.05, 0.1) is 17.1 Å². The molecule has 39 heavy (non-hydrogen) atoms. The highest BCUT2D eigenvalue weighted by atomic mass is 19.1. The number of benzene rings is 3. The van der Waals surface area contributed by atoms with Crippen LogP contribution in [-0.4, -0.2) is 22.1 Å². The van der Waals surface area contributed by atoms with Gasteiger partial charge < -0.3 is 10.4 Å². The highest BCUT2D eigenvalue weighted by Gasteiger charge is 2.12. The quantitative estimate of drug-likeness (QED) is 0.235. The summed E-state index contributed by atoms with van der Waals surface area (Å²) in [5, 5.41) is 13.1. The van der Waals surface area contributed by atoms with Crippen molar-refractivity contribution in [2.75, 3.05) is 0 Å². The molecule has 1 unspecified atom stereocenters. The number of fused-ring (bicyclic) bond motifs is 1. The van der Waals surface area contributed by atoms with E-state index >= 15 is 0 Å². The van der Waals surface area contributed by atoms with Gasteiger partial charge >= 0.3 is 5.97 Å². The maximum atomic E-state index is 13.3. The first-order valence-corrected chi connectivity index (χ1v) is 12.7. The van der Waals surface area contributed by atoms with E-state index < -0.39 is 5.97 Å². The van der Waals surface area contributed by atoms with Gasteiger partial charge in [-0.15, -0.1) is 0 Å². The number of carboxylic acids is 1. The second-order valence-corrected chi connectivity index (χ2v) is 8.82. The third kappa shape index (κ3) is 9.53. The smallest absolute Gasteiger partial charge is 0.336 e. The third-order valence-electron chi connectivity index (χ3n) is 5.80. The first-order valence-electron chi connectivity index (χ1n) is 12.7. The number of pyridine rings is 1. The van der Waals surface area contributed by atoms with Gasteiger partial charge in [-0.25, -0.2) is 9.18 Å². The van der Waals surface area contributed by atoms with Crippen LogP contribution >= 0.6 is 0 Å². The summed E-state index contributed by atoms with van der Waals surface area (Å²) in [6, 6.07) is 21.9. The molecule has 0 aliphatic rings. The zero-order chi connectivity index (χ0) is 28.2. The van der Waals surface area contributed by atoms with Crippen LogP contribution in [0.5, 0.6) is 0 Å². The second kappa shape index (κ2) is 15.9. The molecule has 0 amide bonds. The summed E-state index contributed by atoms with van der Waals surface area (Å²) < 4.78 is 13.3. The summed E-state index contributed by atoms with van der Waals surface area (Å²) in [5.41, 5.74) is 6.69. The predicted octanol–water partition coefficient (Wildman–Crippen LogP) is 8.93. The average molecular weight is 529 g/mol. The van der Waals surface area contributed by atoms with Gasteiger partial charge in [0, 0.05) is 11.1 Å². The summed E-state index contributed by atoms with van der Waals surface area (Å²) in [4.78, 5) is 15.7. The SMILES string of the molecule is C.C=CNC(Cc1ccc(C)cc1)C(=C)C.CC.Cc1cc(C(=O)O)c2cc(-c3cccc(F)c3)ccc2n1. The Labute approximate surface area is 233 Å². The van der Waals surface area contributed by atoms with Crippen LogP contribution in [0.25, 0.3) is 22.0 Å². The number of hydrogen-bond donors (Lipinski definition) is 2. The molecule has 5 heteroatoms. The van der Waals surface area contributed by atoms with Gasteiger partial charge in [0.1, 0.15) is 5.82 Å². The van der Waals surface area contributed by atoms with Gasteiger partial charge in [-0.05, 0) is 80.4 Å². The molecule has 206 valence electrons. The van der Waals surface area contributed by atoms with Crippen LogP contribution < -0.4 is 5.32 Å². The topological polar surface area (TPSA) is 62.2 Å². The van der Waals surface area contributed by atoms with E-state index in [0.29, 0.717) is 22.2 Å². The fourth-order valence-electron chi connectivity index (χ4n) is 3.86. The second-order valence-electron chi connectivity index (χ2n) is 8.82. The van der Waals surface area contributed by atoms with Gasteiger partial charge in [-0.1, -0.05) is 88.0 Å². The molecule has 1 aromatic heterocycles. The van der Waals surface area contributed by atoms with Crippen molar-refractivity contribution in [2.24, 2.45) is 0 Å². The molecule has 4 rings (SSSR count). The van der Waals surface area contributed by atoms with Crippen LogP contribution in [0.3, 0.4) is 0 Å². The van der Waals surface area contributed by atoms with Crippen molar-refractivity contribution in [3.05, 3.63) is 126 Å². The molecule has 2 N–H and O–H groups in total. The normalized spacial score (nSPS) is 10.5. The van der Waals surface area contributed by atoms with E-state index in [1.54, 1.807) is 43.5 Å². The number of carboxylic acid groups (broad SMARTS) is 1. The number of nitrogens with zero attached hydrogens (tertiary/aromatic N) is 1. The van der Waals surface area contributed by atoms with Crippen molar-refractivity contribution in [1.82, 2.24) is 10.3 Å². The summed E-state index contributed by atoms with van der Waals surface area (Å²) in [7, 11) is 0. The molecule has 1 atom stereocenters. The van der Waals surface area contributed by atoms with Crippen LogP contribution in [0.15, 0.2) is 97.7 Å². The molecule has 4 aromatic rings. The Morgan fingerprint density at radius 3 is 2.23 bits per heavy atom. The molecular weight excluding hydrogens is 487 g/mol. The summed E-state index contributed by atoms with van der Waals surface area (Å²) in [6.07, 6.45) is 2.69. The molecule has 0 fully saturated rings. The first-order chi connectivity index (χ1) is 18.2. The number of aryl methyl sites for hydroxylation is 2. The van der Waals surface area contributed by atoms with Gasteiger partial charge in [-0.2, -0.15) is 0 Å². The Morgan fingerprint density at radius 1 is 1.03 bits per heavy atom. The molecule has 0 spiro atoms. The minimum Gasteiger partial charge on any atom is -0.478 e. The van der Waals surface area contributed by atoms with Crippen LogP contribution in [-0.2, 0) is 6.42 Å². The van der Waals surface area contributed by atoms with Crippen LogP contribution in [0.2, 0.25) is 0 Å². The Hall–Kier alpha value is -4.25. The van der Waals surface area contributed by atoms with E-state index in [9.17, 15) is 14.3 Å². The van der Waals surface area contributed by atoms with E-state index in [2.05, 4.69) is 54.6 Å². The van der Waals surface area contributed by atoms with E-state index in [0.717, 1.165) is 17.6 Å². The molecule has 3 aromatic carbocycles. The minimum atomic E-state index is -0.998. The maximum Gasteiger partial charge on any atom is 0.336 e. The summed E-state index contributed by atoms with van der Waals surface area (Å²) >= 11 is 0. The van der Waals surface area contributed by atoms with Crippen molar-refractivity contribution >= 4 is 16.9 Å². The molecular formula is C34H41FN2O2. The van der Waals surface area contributed by atoms with E-state index in [1.165, 1.54) is 23.3 Å². The molecule has 0 aliphatic carbocycles. The molecule has 4 nitrogen and oxygen atoms in total. The van der Waals surface area contributed by atoms with Crippen molar-refractivity contribution < 1.29 is 14.3 Å². The molecule has 0 aliphatic heterocycles. The first kappa shape index (κ1) is 32.8. The Bertz CT molecular complexity index is 1390. The lowest BCUT2D eigenvalue weighted by Crippen LogP contribution is -2.27. The molecule has 1 heterocycles.